The van der Waals surface area contributed by atoms with Crippen molar-refractivity contribution in [3.05, 3.63) is 42.7 Å². The van der Waals surface area contributed by atoms with Crippen molar-refractivity contribution in [2.45, 2.75) is 31.9 Å². The highest BCUT2D eigenvalue weighted by Gasteiger charge is 2.20. The minimum absolute atomic E-state index is 0.0483. The number of anilines is 2. The monoisotopic (exact) mass is 461 g/mol. The minimum Gasteiger partial charge on any atom is -0.374 e. The lowest BCUT2D eigenvalue weighted by atomic mass is 10.0. The zero-order valence-corrected chi connectivity index (χ0v) is 19.5. The summed E-state index contributed by atoms with van der Waals surface area (Å²) in [7, 11) is 0. The molecule has 2 aliphatic rings. The van der Waals surface area contributed by atoms with E-state index in [2.05, 4.69) is 55.1 Å². The molecule has 0 saturated carbocycles. The SMILES string of the molecule is CC(=O)NC1CCN(c2ccc(-c3cc4nccnc4c(NC[C@@H]4CNCCO4)n3)cc2)CC1. The molecule has 9 nitrogen and oxygen atoms in total. The summed E-state index contributed by atoms with van der Waals surface area (Å²) in [6.07, 6.45) is 5.41. The molecule has 2 saturated heterocycles. The smallest absolute Gasteiger partial charge is 0.217 e. The van der Waals surface area contributed by atoms with Crippen LogP contribution in [0.1, 0.15) is 19.8 Å². The Labute approximate surface area is 199 Å². The Morgan fingerprint density at radius 1 is 1.18 bits per heavy atom. The number of fused-ring (bicyclic) bond motifs is 1. The van der Waals surface area contributed by atoms with Crippen molar-refractivity contribution in [2.75, 3.05) is 49.5 Å². The first kappa shape index (κ1) is 22.5. The van der Waals surface area contributed by atoms with Crippen LogP contribution >= 0.6 is 0 Å². The first-order valence-electron chi connectivity index (χ1n) is 12.0. The van der Waals surface area contributed by atoms with Crippen molar-refractivity contribution in [3.8, 4) is 11.3 Å². The van der Waals surface area contributed by atoms with Crippen molar-refractivity contribution in [3.63, 3.8) is 0 Å². The molecule has 5 rings (SSSR count). The maximum absolute atomic E-state index is 11.3. The summed E-state index contributed by atoms with van der Waals surface area (Å²) < 4.78 is 5.81. The average molecular weight is 462 g/mol. The Balaban J connectivity index is 1.32. The quantitative estimate of drug-likeness (QED) is 0.513. The second-order valence-electron chi connectivity index (χ2n) is 8.87. The third-order valence-corrected chi connectivity index (χ3v) is 6.39. The van der Waals surface area contributed by atoms with E-state index in [-0.39, 0.29) is 18.1 Å². The van der Waals surface area contributed by atoms with Gasteiger partial charge in [-0.2, -0.15) is 0 Å². The van der Waals surface area contributed by atoms with Gasteiger partial charge in [0.15, 0.2) is 5.82 Å². The van der Waals surface area contributed by atoms with Crippen molar-refractivity contribution in [1.82, 2.24) is 25.6 Å². The van der Waals surface area contributed by atoms with Gasteiger partial charge >= 0.3 is 0 Å². The number of aromatic nitrogens is 3. The number of hydrogen-bond acceptors (Lipinski definition) is 8. The van der Waals surface area contributed by atoms with Gasteiger partial charge in [-0.05, 0) is 31.0 Å². The Kier molecular flexibility index (Phi) is 6.82. The molecule has 0 unspecified atom stereocenters. The standard InChI is InChI=1S/C25H31N7O2/c1-17(33)30-19-6-11-32(12-7-19)20-4-2-18(3-5-20)22-14-23-24(28-9-8-27-23)25(31-22)29-16-21-15-26-10-13-34-21/h2-5,8-9,14,19,21,26H,6-7,10-13,15-16H2,1H3,(H,29,31)(H,30,33)/t21-/m0/s1. The molecule has 2 aliphatic heterocycles. The number of amides is 1. The zero-order valence-electron chi connectivity index (χ0n) is 19.5. The Bertz CT molecular complexity index is 1120. The van der Waals surface area contributed by atoms with Crippen LogP contribution in [0.2, 0.25) is 0 Å². The summed E-state index contributed by atoms with van der Waals surface area (Å²) in [6, 6.07) is 10.8. The predicted octanol–water partition coefficient (Wildman–Crippen LogP) is 2.20. The summed E-state index contributed by atoms with van der Waals surface area (Å²) in [4.78, 5) is 27.6. The molecule has 2 aromatic heterocycles. The molecule has 4 heterocycles. The number of carbonyl (C=O) groups is 1. The van der Waals surface area contributed by atoms with Crippen LogP contribution in [0.5, 0.6) is 0 Å². The lowest BCUT2D eigenvalue weighted by molar-refractivity contribution is -0.119. The molecular weight excluding hydrogens is 430 g/mol. The van der Waals surface area contributed by atoms with Gasteiger partial charge in [0.2, 0.25) is 5.91 Å². The van der Waals surface area contributed by atoms with Gasteiger partial charge in [-0.1, -0.05) is 12.1 Å². The molecule has 1 atom stereocenters. The maximum Gasteiger partial charge on any atom is 0.217 e. The minimum atomic E-state index is 0.0483. The van der Waals surface area contributed by atoms with Crippen LogP contribution in [-0.4, -0.2) is 72.3 Å². The van der Waals surface area contributed by atoms with Crippen LogP contribution in [0.25, 0.3) is 22.3 Å². The van der Waals surface area contributed by atoms with E-state index < -0.39 is 0 Å². The lowest BCUT2D eigenvalue weighted by Gasteiger charge is -2.33. The number of carbonyl (C=O) groups excluding carboxylic acids is 1. The zero-order chi connectivity index (χ0) is 23.3. The molecule has 1 amide bonds. The first-order valence-corrected chi connectivity index (χ1v) is 12.0. The second kappa shape index (κ2) is 10.3. The van der Waals surface area contributed by atoms with Crippen LogP contribution in [0, 0.1) is 0 Å². The number of nitrogens with one attached hydrogen (secondary N) is 3. The number of rotatable bonds is 6. The van der Waals surface area contributed by atoms with Gasteiger partial charge < -0.3 is 25.6 Å². The van der Waals surface area contributed by atoms with E-state index in [0.29, 0.717) is 6.54 Å². The molecule has 0 spiro atoms. The average Bonchev–Trinajstić information content (AvgIpc) is 2.88. The maximum atomic E-state index is 11.3. The molecule has 0 bridgehead atoms. The van der Waals surface area contributed by atoms with Gasteiger partial charge in [-0.25, -0.2) is 9.97 Å². The van der Waals surface area contributed by atoms with E-state index >= 15 is 0 Å². The largest absolute Gasteiger partial charge is 0.374 e. The third-order valence-electron chi connectivity index (χ3n) is 6.39. The molecule has 2 fully saturated rings. The molecule has 1 aromatic carbocycles. The fraction of sp³-hybridized carbons (Fsp3) is 0.440. The van der Waals surface area contributed by atoms with E-state index in [9.17, 15) is 4.79 Å². The first-order chi connectivity index (χ1) is 16.7. The van der Waals surface area contributed by atoms with Crippen LogP contribution in [0.3, 0.4) is 0 Å². The van der Waals surface area contributed by atoms with E-state index in [1.54, 1.807) is 19.3 Å². The van der Waals surface area contributed by atoms with Crippen LogP contribution in [-0.2, 0) is 9.53 Å². The number of hydrogen-bond donors (Lipinski definition) is 3. The highest BCUT2D eigenvalue weighted by atomic mass is 16.5. The number of piperidine rings is 1. The van der Waals surface area contributed by atoms with E-state index in [4.69, 9.17) is 9.72 Å². The molecule has 178 valence electrons. The van der Waals surface area contributed by atoms with Crippen molar-refractivity contribution in [1.29, 1.82) is 0 Å². The Morgan fingerprint density at radius 3 is 2.71 bits per heavy atom. The van der Waals surface area contributed by atoms with Crippen molar-refractivity contribution >= 4 is 28.4 Å². The Hall–Kier alpha value is -3.30. The summed E-state index contributed by atoms with van der Waals surface area (Å²) in [5, 5.41) is 9.82. The van der Waals surface area contributed by atoms with Crippen LogP contribution in [0.4, 0.5) is 11.5 Å². The summed E-state index contributed by atoms with van der Waals surface area (Å²) in [5.74, 6) is 0.770. The topological polar surface area (TPSA) is 104 Å². The molecule has 9 heteroatoms. The molecule has 34 heavy (non-hydrogen) atoms. The molecular formula is C25H31N7O2. The summed E-state index contributed by atoms with van der Waals surface area (Å²) >= 11 is 0. The Morgan fingerprint density at radius 2 is 1.97 bits per heavy atom. The number of benzene rings is 1. The summed E-state index contributed by atoms with van der Waals surface area (Å²) in [5.41, 5.74) is 4.64. The molecule has 0 aliphatic carbocycles. The van der Waals surface area contributed by atoms with Crippen molar-refractivity contribution in [2.24, 2.45) is 0 Å². The van der Waals surface area contributed by atoms with Gasteiger partial charge in [0.1, 0.15) is 5.52 Å². The van der Waals surface area contributed by atoms with E-state index in [1.165, 1.54) is 5.69 Å². The number of ether oxygens (including phenoxy) is 1. The van der Waals surface area contributed by atoms with E-state index in [0.717, 1.165) is 73.7 Å². The van der Waals surface area contributed by atoms with Gasteiger partial charge in [-0.15, -0.1) is 0 Å². The third kappa shape index (κ3) is 5.26. The predicted molar refractivity (Wildman–Crippen MR) is 133 cm³/mol. The van der Waals surface area contributed by atoms with E-state index in [1.807, 2.05) is 6.07 Å². The highest BCUT2D eigenvalue weighted by Crippen LogP contribution is 2.28. The van der Waals surface area contributed by atoms with Crippen LogP contribution < -0.4 is 20.9 Å². The van der Waals surface area contributed by atoms with Gasteiger partial charge in [0.25, 0.3) is 0 Å². The molecule has 3 aromatic rings. The van der Waals surface area contributed by atoms with Gasteiger partial charge in [0, 0.05) is 69.3 Å². The lowest BCUT2D eigenvalue weighted by Crippen LogP contribution is -2.44. The van der Waals surface area contributed by atoms with Crippen molar-refractivity contribution < 1.29 is 9.53 Å². The van der Waals surface area contributed by atoms with Crippen LogP contribution in [0.15, 0.2) is 42.7 Å². The number of pyridine rings is 1. The highest BCUT2D eigenvalue weighted by molar-refractivity contribution is 5.88. The fourth-order valence-electron chi connectivity index (χ4n) is 4.62. The number of nitrogens with zero attached hydrogens (tertiary/aromatic N) is 4. The summed E-state index contributed by atoms with van der Waals surface area (Å²) in [6.45, 7) is 6.53. The second-order valence-corrected chi connectivity index (χ2v) is 8.87. The number of morpholine rings is 1. The van der Waals surface area contributed by atoms with Gasteiger partial charge in [-0.3, -0.25) is 9.78 Å². The normalized spacial score (nSPS) is 19.2. The molecule has 3 N–H and O–H groups in total. The van der Waals surface area contributed by atoms with Gasteiger partial charge in [0.05, 0.1) is 23.9 Å². The fourth-order valence-corrected chi connectivity index (χ4v) is 4.62. The molecule has 0 radical (unpaired) electrons.